The van der Waals surface area contributed by atoms with E-state index in [1.807, 2.05) is 12.1 Å². The molecule has 0 bridgehead atoms. The number of carbonyl (C=O) groups is 1. The van der Waals surface area contributed by atoms with Crippen molar-refractivity contribution in [1.29, 1.82) is 0 Å². The van der Waals surface area contributed by atoms with Gasteiger partial charge in [-0.15, -0.1) is 0 Å². The van der Waals surface area contributed by atoms with Crippen LogP contribution in [0.5, 0.6) is 0 Å². The fourth-order valence-corrected chi connectivity index (χ4v) is 4.99. The van der Waals surface area contributed by atoms with Crippen LogP contribution in [0.3, 0.4) is 0 Å². The van der Waals surface area contributed by atoms with Crippen LogP contribution in [0.15, 0.2) is 59.3 Å². The molecule has 4 heterocycles. The third-order valence-corrected chi connectivity index (χ3v) is 6.85. The van der Waals surface area contributed by atoms with Crippen LogP contribution < -0.4 is 5.32 Å². The average molecular weight is 435 g/mol. The predicted molar refractivity (Wildman–Crippen MR) is 121 cm³/mol. The Hall–Kier alpha value is -2.90. The van der Waals surface area contributed by atoms with Crippen LogP contribution in [0, 0.1) is 0 Å². The number of nitrogens with zero attached hydrogens (tertiary/aromatic N) is 3. The zero-order valence-electron chi connectivity index (χ0n) is 18.5. The minimum atomic E-state index is -0.0976. The molecular weight excluding hydrogens is 404 g/mol. The van der Waals surface area contributed by atoms with Gasteiger partial charge >= 0.3 is 0 Å². The predicted octanol–water partition coefficient (Wildman–Crippen LogP) is 3.62. The molecule has 0 unspecified atom stereocenters. The first-order chi connectivity index (χ1) is 15.6. The van der Waals surface area contributed by atoms with Gasteiger partial charge in [0.1, 0.15) is 11.5 Å². The maximum atomic E-state index is 12.3. The van der Waals surface area contributed by atoms with Crippen molar-refractivity contribution in [1.82, 2.24) is 20.0 Å². The Morgan fingerprint density at radius 3 is 2.75 bits per heavy atom. The molecule has 2 saturated heterocycles. The first-order valence-corrected chi connectivity index (χ1v) is 11.4. The van der Waals surface area contributed by atoms with Crippen molar-refractivity contribution in [2.45, 2.75) is 43.9 Å². The number of furan rings is 1. The summed E-state index contributed by atoms with van der Waals surface area (Å²) in [4.78, 5) is 14.8. The van der Waals surface area contributed by atoms with E-state index in [1.54, 1.807) is 30.3 Å². The van der Waals surface area contributed by atoms with Crippen molar-refractivity contribution >= 4 is 5.91 Å². The molecule has 1 amide bonds. The summed E-state index contributed by atoms with van der Waals surface area (Å²) in [5, 5.41) is 7.06. The van der Waals surface area contributed by atoms with E-state index in [4.69, 9.17) is 9.15 Å². The Labute approximate surface area is 188 Å². The standard InChI is InChI=1S/C25H30N4O3/c1-28-22(9-13-27-28)24(30)26-17-20-8-10-25(32-20)11-14-29(15-12-25)18-19-5-2-3-6-21(19)23-7-4-16-31-23/h2-7,9,13,16,20H,8,10-12,14-15,17-18H2,1H3,(H,26,30)/t20-/m1/s1. The number of aromatic nitrogens is 2. The summed E-state index contributed by atoms with van der Waals surface area (Å²) >= 11 is 0. The van der Waals surface area contributed by atoms with Gasteiger partial charge in [0, 0.05) is 45.0 Å². The van der Waals surface area contributed by atoms with Crippen LogP contribution in [0.4, 0.5) is 0 Å². The summed E-state index contributed by atoms with van der Waals surface area (Å²) in [6.07, 6.45) is 7.56. The van der Waals surface area contributed by atoms with Gasteiger partial charge in [-0.1, -0.05) is 24.3 Å². The highest BCUT2D eigenvalue weighted by molar-refractivity contribution is 5.92. The Morgan fingerprint density at radius 2 is 2.00 bits per heavy atom. The molecule has 3 aromatic rings. The van der Waals surface area contributed by atoms with Gasteiger partial charge in [0.25, 0.3) is 5.91 Å². The molecule has 2 aliphatic heterocycles. The van der Waals surface area contributed by atoms with E-state index >= 15 is 0 Å². The molecule has 2 aromatic heterocycles. The normalized spacial score (nSPS) is 20.6. The zero-order chi connectivity index (χ0) is 22.0. The third kappa shape index (κ3) is 4.36. The van der Waals surface area contributed by atoms with Gasteiger partial charge in [0.2, 0.25) is 0 Å². The van der Waals surface area contributed by atoms with Crippen LogP contribution >= 0.6 is 0 Å². The molecule has 0 radical (unpaired) electrons. The number of amides is 1. The summed E-state index contributed by atoms with van der Waals surface area (Å²) in [5.41, 5.74) is 2.99. The monoisotopic (exact) mass is 434 g/mol. The highest BCUT2D eigenvalue weighted by atomic mass is 16.5. The maximum absolute atomic E-state index is 12.3. The molecule has 7 heteroatoms. The van der Waals surface area contributed by atoms with E-state index in [9.17, 15) is 4.79 Å². The van der Waals surface area contributed by atoms with Crippen molar-refractivity contribution in [3.05, 3.63) is 66.2 Å². The van der Waals surface area contributed by atoms with Crippen molar-refractivity contribution in [3.63, 3.8) is 0 Å². The largest absolute Gasteiger partial charge is 0.464 e. The smallest absolute Gasteiger partial charge is 0.269 e. The van der Waals surface area contributed by atoms with Gasteiger partial charge in [-0.3, -0.25) is 14.4 Å². The van der Waals surface area contributed by atoms with Crippen molar-refractivity contribution in [3.8, 4) is 11.3 Å². The first kappa shape index (κ1) is 21.0. The molecule has 32 heavy (non-hydrogen) atoms. The average Bonchev–Trinajstić information content (AvgIpc) is 3.56. The lowest BCUT2D eigenvalue weighted by Gasteiger charge is -2.39. The molecule has 168 valence electrons. The molecule has 7 nitrogen and oxygen atoms in total. The number of carbonyl (C=O) groups excluding carboxylic acids is 1. The van der Waals surface area contributed by atoms with Gasteiger partial charge in [0.15, 0.2) is 0 Å². The van der Waals surface area contributed by atoms with Gasteiger partial charge in [-0.05, 0) is 49.4 Å². The van der Waals surface area contributed by atoms with Gasteiger partial charge in [-0.25, -0.2) is 0 Å². The minimum Gasteiger partial charge on any atom is -0.464 e. The van der Waals surface area contributed by atoms with Crippen molar-refractivity contribution in [2.75, 3.05) is 19.6 Å². The fraction of sp³-hybridized carbons (Fsp3) is 0.440. The molecule has 0 aliphatic carbocycles. The second kappa shape index (κ2) is 8.92. The molecule has 1 spiro atoms. The van der Waals surface area contributed by atoms with E-state index < -0.39 is 0 Å². The summed E-state index contributed by atoms with van der Waals surface area (Å²) in [5.74, 6) is 0.823. The van der Waals surface area contributed by atoms with Gasteiger partial charge in [-0.2, -0.15) is 5.10 Å². The maximum Gasteiger partial charge on any atom is 0.269 e. The topological polar surface area (TPSA) is 72.5 Å². The van der Waals surface area contributed by atoms with Crippen LogP contribution in [0.2, 0.25) is 0 Å². The van der Waals surface area contributed by atoms with E-state index in [2.05, 4.69) is 39.6 Å². The van der Waals surface area contributed by atoms with E-state index in [1.165, 1.54) is 11.1 Å². The minimum absolute atomic E-state index is 0.0427. The molecule has 1 atom stereocenters. The summed E-state index contributed by atoms with van der Waals surface area (Å²) in [6, 6.07) is 14.2. The van der Waals surface area contributed by atoms with E-state index in [0.29, 0.717) is 12.2 Å². The summed E-state index contributed by atoms with van der Waals surface area (Å²) in [7, 11) is 1.77. The third-order valence-electron chi connectivity index (χ3n) is 6.85. The second-order valence-corrected chi connectivity index (χ2v) is 8.92. The number of benzene rings is 1. The Kier molecular flexibility index (Phi) is 5.85. The molecule has 1 aromatic carbocycles. The van der Waals surface area contributed by atoms with E-state index in [-0.39, 0.29) is 17.6 Å². The molecular formula is C25H30N4O3. The van der Waals surface area contributed by atoms with Gasteiger partial charge in [0.05, 0.1) is 18.0 Å². The zero-order valence-corrected chi connectivity index (χ0v) is 18.5. The number of hydrogen-bond donors (Lipinski definition) is 1. The highest BCUT2D eigenvalue weighted by Crippen LogP contribution is 2.39. The lowest BCUT2D eigenvalue weighted by molar-refractivity contribution is -0.0764. The number of rotatable bonds is 6. The van der Waals surface area contributed by atoms with E-state index in [0.717, 1.165) is 51.1 Å². The second-order valence-electron chi connectivity index (χ2n) is 8.92. The number of likely N-dealkylation sites (tertiary alicyclic amines) is 1. The fourth-order valence-electron chi connectivity index (χ4n) is 4.99. The number of piperidine rings is 1. The Balaban J connectivity index is 1.13. The molecule has 5 rings (SSSR count). The lowest BCUT2D eigenvalue weighted by atomic mass is 9.88. The molecule has 1 N–H and O–H groups in total. The van der Waals surface area contributed by atoms with Crippen LogP contribution in [0.25, 0.3) is 11.3 Å². The SMILES string of the molecule is Cn1nccc1C(=O)NC[C@H]1CCC2(CCN(Cc3ccccc3-c3ccco3)CC2)O1. The number of nitrogens with one attached hydrogen (secondary N) is 1. The summed E-state index contributed by atoms with van der Waals surface area (Å²) < 4.78 is 13.7. The Bertz CT molecular complexity index is 1050. The quantitative estimate of drug-likeness (QED) is 0.642. The van der Waals surface area contributed by atoms with Crippen LogP contribution in [-0.2, 0) is 18.3 Å². The molecule has 2 aliphatic rings. The van der Waals surface area contributed by atoms with Crippen molar-refractivity contribution in [2.24, 2.45) is 7.05 Å². The van der Waals surface area contributed by atoms with Crippen molar-refractivity contribution < 1.29 is 13.9 Å². The first-order valence-electron chi connectivity index (χ1n) is 11.4. The number of hydrogen-bond acceptors (Lipinski definition) is 5. The Morgan fingerprint density at radius 1 is 1.16 bits per heavy atom. The number of ether oxygens (including phenoxy) is 1. The highest BCUT2D eigenvalue weighted by Gasteiger charge is 2.42. The summed E-state index contributed by atoms with van der Waals surface area (Å²) in [6.45, 7) is 3.49. The number of aryl methyl sites for hydroxylation is 1. The lowest BCUT2D eigenvalue weighted by Crippen LogP contribution is -2.45. The molecule has 2 fully saturated rings. The van der Waals surface area contributed by atoms with Gasteiger partial charge < -0.3 is 14.5 Å². The van der Waals surface area contributed by atoms with Crippen LogP contribution in [-0.4, -0.2) is 51.9 Å². The molecule has 0 saturated carbocycles. The van der Waals surface area contributed by atoms with Crippen LogP contribution in [0.1, 0.15) is 41.7 Å².